The number of benzene rings is 2. The molecule has 2 aromatic carbocycles. The lowest BCUT2D eigenvalue weighted by Gasteiger charge is -2.22. The van der Waals surface area contributed by atoms with Crippen molar-refractivity contribution < 1.29 is 14.7 Å². The second kappa shape index (κ2) is 8.77. The predicted octanol–water partition coefficient (Wildman–Crippen LogP) is 4.17. The van der Waals surface area contributed by atoms with Crippen molar-refractivity contribution in [1.82, 2.24) is 9.99 Å². The molecule has 1 aromatic heterocycles. The second-order valence-corrected chi connectivity index (χ2v) is 8.73. The number of amides is 1. The van der Waals surface area contributed by atoms with Crippen LogP contribution < -0.4 is 5.11 Å². The Kier molecular flexibility index (Phi) is 6.07. The van der Waals surface area contributed by atoms with Gasteiger partial charge in [0.2, 0.25) is 5.91 Å². The maximum absolute atomic E-state index is 12.8. The van der Waals surface area contributed by atoms with Crippen LogP contribution in [-0.4, -0.2) is 27.6 Å². The van der Waals surface area contributed by atoms with Crippen LogP contribution in [0.5, 0.6) is 0 Å². The number of aliphatic carboxylic acids is 1. The summed E-state index contributed by atoms with van der Waals surface area (Å²) in [6.07, 6.45) is -0.0997. The summed E-state index contributed by atoms with van der Waals surface area (Å²) in [4.78, 5) is 28.1. The van der Waals surface area contributed by atoms with Crippen molar-refractivity contribution in [3.05, 3.63) is 74.8 Å². The number of hydrogen-bond acceptors (Lipinski definition) is 5. The van der Waals surface area contributed by atoms with Crippen LogP contribution in [0.4, 0.5) is 0 Å². The smallest absolute Gasteiger partial charge is 0.243 e. The van der Waals surface area contributed by atoms with Crippen LogP contribution in [0.1, 0.15) is 42.0 Å². The van der Waals surface area contributed by atoms with Gasteiger partial charge < -0.3 is 9.90 Å². The third kappa shape index (κ3) is 4.62. The predicted molar refractivity (Wildman–Crippen MR) is 121 cm³/mol. The fourth-order valence-corrected chi connectivity index (χ4v) is 4.15. The summed E-state index contributed by atoms with van der Waals surface area (Å²) in [6, 6.07) is 15.1. The first kappa shape index (κ1) is 21.5. The number of rotatable bonds is 5. The van der Waals surface area contributed by atoms with E-state index in [-0.39, 0.29) is 24.8 Å². The monoisotopic (exact) mass is 498 g/mol. The van der Waals surface area contributed by atoms with Crippen molar-refractivity contribution in [2.75, 3.05) is 0 Å². The fraction of sp³-hybridized carbons (Fsp3) is 0.217. The molecule has 31 heavy (non-hydrogen) atoms. The van der Waals surface area contributed by atoms with Gasteiger partial charge in [-0.3, -0.25) is 4.79 Å². The molecular formula is C23H18BrClN3O3-. The van der Waals surface area contributed by atoms with Gasteiger partial charge in [-0.25, -0.2) is 9.99 Å². The van der Waals surface area contributed by atoms with E-state index in [0.29, 0.717) is 22.8 Å². The summed E-state index contributed by atoms with van der Waals surface area (Å²) in [6.45, 7) is 1.99. The van der Waals surface area contributed by atoms with Crippen LogP contribution in [0.2, 0.25) is 5.15 Å². The van der Waals surface area contributed by atoms with E-state index >= 15 is 0 Å². The highest BCUT2D eigenvalue weighted by molar-refractivity contribution is 9.10. The number of carboxylic acids is 1. The lowest BCUT2D eigenvalue weighted by molar-refractivity contribution is -0.305. The van der Waals surface area contributed by atoms with Crippen molar-refractivity contribution in [1.29, 1.82) is 0 Å². The third-order valence-electron chi connectivity index (χ3n) is 5.20. The zero-order valence-electron chi connectivity index (χ0n) is 16.6. The standard InChI is InChI=1S/C23H19BrClN3O3/c1-13-2-3-15-11-17(23(25)26-18(15)10-13)19-12-20(14-4-6-16(24)7-5-14)28(27-19)21(29)8-9-22(30)31/h2-7,10-11,20H,8-9,12H2,1H3,(H,30,31)/p-1/t20-/m0/s1. The highest BCUT2D eigenvalue weighted by atomic mass is 79.9. The summed E-state index contributed by atoms with van der Waals surface area (Å²) in [7, 11) is 0. The lowest BCUT2D eigenvalue weighted by Crippen LogP contribution is -2.29. The number of hydrazone groups is 1. The first-order valence-electron chi connectivity index (χ1n) is 9.74. The van der Waals surface area contributed by atoms with Crippen molar-refractivity contribution in [2.45, 2.75) is 32.2 Å². The summed E-state index contributed by atoms with van der Waals surface area (Å²) < 4.78 is 0.919. The molecule has 1 atom stereocenters. The van der Waals surface area contributed by atoms with Gasteiger partial charge in [0.15, 0.2) is 0 Å². The van der Waals surface area contributed by atoms with E-state index in [1.54, 1.807) is 0 Å². The first-order valence-corrected chi connectivity index (χ1v) is 10.9. The molecule has 0 radical (unpaired) electrons. The van der Waals surface area contributed by atoms with E-state index in [1.165, 1.54) is 5.01 Å². The van der Waals surface area contributed by atoms with Gasteiger partial charge in [0, 0.05) is 34.2 Å². The molecule has 0 spiro atoms. The number of aryl methyl sites for hydroxylation is 1. The number of nitrogens with zero attached hydrogens (tertiary/aromatic N) is 3. The summed E-state index contributed by atoms with van der Waals surface area (Å²) >= 11 is 9.91. The van der Waals surface area contributed by atoms with Crippen LogP contribution in [0, 0.1) is 6.92 Å². The minimum atomic E-state index is -1.27. The van der Waals surface area contributed by atoms with Gasteiger partial charge in [0.05, 0.1) is 17.3 Å². The molecule has 8 heteroatoms. The quantitative estimate of drug-likeness (QED) is 0.493. The number of carbonyl (C=O) groups is 2. The molecule has 0 unspecified atom stereocenters. The SMILES string of the molecule is Cc1ccc2cc(C3=NN(C(=O)CCC(=O)[O-])[C@H](c4ccc(Br)cc4)C3)c(Cl)nc2c1. The second-order valence-electron chi connectivity index (χ2n) is 7.45. The molecule has 0 bridgehead atoms. The average Bonchev–Trinajstić information content (AvgIpc) is 3.17. The van der Waals surface area contributed by atoms with E-state index in [2.05, 4.69) is 26.0 Å². The molecule has 1 aliphatic heterocycles. The number of fused-ring (bicyclic) bond motifs is 1. The van der Waals surface area contributed by atoms with E-state index in [1.807, 2.05) is 55.5 Å². The van der Waals surface area contributed by atoms with Crippen molar-refractivity contribution in [2.24, 2.45) is 5.10 Å². The summed E-state index contributed by atoms with van der Waals surface area (Å²) in [5.41, 5.74) is 4.06. The number of aromatic nitrogens is 1. The van der Waals surface area contributed by atoms with Crippen molar-refractivity contribution >= 4 is 56.0 Å². The average molecular weight is 500 g/mol. The van der Waals surface area contributed by atoms with Crippen LogP contribution in [0.15, 0.2) is 58.1 Å². The Bertz CT molecular complexity index is 1210. The third-order valence-corrected chi connectivity index (χ3v) is 6.02. The Labute approximate surface area is 192 Å². The van der Waals surface area contributed by atoms with Gasteiger partial charge >= 0.3 is 0 Å². The van der Waals surface area contributed by atoms with Crippen molar-refractivity contribution in [3.63, 3.8) is 0 Å². The van der Waals surface area contributed by atoms with Gasteiger partial charge in [-0.1, -0.05) is 51.8 Å². The van der Waals surface area contributed by atoms with Crippen LogP contribution in [0.25, 0.3) is 10.9 Å². The number of halogens is 2. The molecule has 1 amide bonds. The maximum atomic E-state index is 12.8. The van der Waals surface area contributed by atoms with Crippen molar-refractivity contribution in [3.8, 4) is 0 Å². The summed E-state index contributed by atoms with van der Waals surface area (Å²) in [5, 5.41) is 18.0. The lowest BCUT2D eigenvalue weighted by atomic mass is 9.98. The number of hydrogen-bond donors (Lipinski definition) is 0. The molecule has 6 nitrogen and oxygen atoms in total. The maximum Gasteiger partial charge on any atom is 0.243 e. The first-order chi connectivity index (χ1) is 14.8. The van der Waals surface area contributed by atoms with E-state index in [9.17, 15) is 14.7 Å². The zero-order chi connectivity index (χ0) is 22.1. The van der Waals surface area contributed by atoms with Gasteiger partial charge in [-0.05, 0) is 48.7 Å². The molecular weight excluding hydrogens is 482 g/mol. The molecule has 2 heterocycles. The molecule has 0 saturated heterocycles. The van der Waals surface area contributed by atoms with Crippen LogP contribution >= 0.6 is 27.5 Å². The molecule has 0 N–H and O–H groups in total. The van der Waals surface area contributed by atoms with Gasteiger partial charge in [-0.2, -0.15) is 5.10 Å². The highest BCUT2D eigenvalue weighted by Crippen LogP contribution is 2.36. The van der Waals surface area contributed by atoms with Crippen LogP contribution in [0.3, 0.4) is 0 Å². The number of carbonyl (C=O) groups excluding carboxylic acids is 2. The Hall–Kier alpha value is -2.77. The highest BCUT2D eigenvalue weighted by Gasteiger charge is 2.33. The number of pyridine rings is 1. The van der Waals surface area contributed by atoms with E-state index < -0.39 is 5.97 Å². The Balaban J connectivity index is 1.72. The topological polar surface area (TPSA) is 85.7 Å². The fourth-order valence-electron chi connectivity index (χ4n) is 3.63. The largest absolute Gasteiger partial charge is 0.550 e. The molecule has 0 aliphatic carbocycles. The zero-order valence-corrected chi connectivity index (χ0v) is 19.0. The van der Waals surface area contributed by atoms with Gasteiger partial charge in [0.25, 0.3) is 0 Å². The molecule has 158 valence electrons. The Morgan fingerprint density at radius 1 is 1.16 bits per heavy atom. The number of carboxylic acid groups (broad SMARTS) is 1. The Morgan fingerprint density at radius 2 is 1.90 bits per heavy atom. The van der Waals surface area contributed by atoms with E-state index in [0.717, 1.165) is 26.5 Å². The summed E-state index contributed by atoms with van der Waals surface area (Å²) in [5.74, 6) is -1.65. The normalized spacial score (nSPS) is 15.9. The minimum Gasteiger partial charge on any atom is -0.550 e. The minimum absolute atomic E-state index is 0.185. The van der Waals surface area contributed by atoms with Gasteiger partial charge in [0.1, 0.15) is 5.15 Å². The molecule has 3 aromatic rings. The molecule has 1 aliphatic rings. The van der Waals surface area contributed by atoms with Crippen LogP contribution in [-0.2, 0) is 9.59 Å². The van der Waals surface area contributed by atoms with Gasteiger partial charge in [-0.15, -0.1) is 0 Å². The Morgan fingerprint density at radius 3 is 2.61 bits per heavy atom. The molecule has 4 rings (SSSR count). The molecule has 0 fully saturated rings. The van der Waals surface area contributed by atoms with E-state index in [4.69, 9.17) is 11.6 Å². The molecule has 0 saturated carbocycles.